The number of anilines is 1. The van der Waals surface area contributed by atoms with Crippen molar-refractivity contribution in [3.05, 3.63) is 72.1 Å². The molecule has 9 heteroatoms. The maximum Gasteiger partial charge on any atom is 0.246 e. The molecular weight excluding hydrogens is 517 g/mol. The second-order valence-corrected chi connectivity index (χ2v) is 11.7. The molecule has 2 aromatic rings. The van der Waals surface area contributed by atoms with Crippen LogP contribution >= 0.6 is 11.8 Å². The van der Waals surface area contributed by atoms with Crippen LogP contribution in [0.1, 0.15) is 37.7 Å². The number of nitrogens with one attached hydrogen (secondary N) is 2. The molecule has 0 aromatic heterocycles. The standard InChI is InChI=1S/C30H32FN3O4S/c1-39-22-9-5-8-21(16-22)33-27(35)24-23-14-15-30(38-23)25(24)29(37)34(17-18-10-12-19(31)13-11-18)26(30)28(36)32-20-6-3-2-4-7-20/h5,8-16,20,23-26H,2-4,6-7,17H2,1H3,(H,32,36)(H,33,35)/t23-,24-,25-,26-,30-/m0/s1. The zero-order valence-electron chi connectivity index (χ0n) is 21.8. The molecule has 0 unspecified atom stereocenters. The van der Waals surface area contributed by atoms with E-state index in [1.165, 1.54) is 17.0 Å². The van der Waals surface area contributed by atoms with Crippen LogP contribution in [-0.4, -0.2) is 52.7 Å². The number of likely N-dealkylation sites (tertiary alicyclic amines) is 1. The molecule has 2 aromatic carbocycles. The van der Waals surface area contributed by atoms with Gasteiger partial charge >= 0.3 is 0 Å². The van der Waals surface area contributed by atoms with Crippen molar-refractivity contribution in [2.24, 2.45) is 11.8 Å². The van der Waals surface area contributed by atoms with E-state index >= 15 is 0 Å². The lowest BCUT2D eigenvalue weighted by atomic mass is 9.74. The minimum atomic E-state index is -1.23. The highest BCUT2D eigenvalue weighted by Gasteiger charge is 2.72. The first-order valence-corrected chi connectivity index (χ1v) is 14.8. The number of benzene rings is 2. The summed E-state index contributed by atoms with van der Waals surface area (Å²) in [5.74, 6) is -2.85. The Labute approximate surface area is 231 Å². The van der Waals surface area contributed by atoms with Crippen molar-refractivity contribution in [3.63, 3.8) is 0 Å². The summed E-state index contributed by atoms with van der Waals surface area (Å²) in [5.41, 5.74) is 0.113. The van der Waals surface area contributed by atoms with Gasteiger partial charge < -0.3 is 20.3 Å². The highest BCUT2D eigenvalue weighted by Crippen LogP contribution is 2.55. The molecule has 39 heavy (non-hydrogen) atoms. The van der Waals surface area contributed by atoms with Crippen LogP contribution in [0.15, 0.2) is 65.6 Å². The lowest BCUT2D eigenvalue weighted by molar-refractivity contribution is -0.142. The molecule has 6 rings (SSSR count). The Kier molecular flexibility index (Phi) is 6.97. The molecule has 204 valence electrons. The molecule has 1 spiro atoms. The van der Waals surface area contributed by atoms with Gasteiger partial charge in [-0.1, -0.05) is 49.6 Å². The Bertz CT molecular complexity index is 1310. The van der Waals surface area contributed by atoms with Crippen molar-refractivity contribution >= 4 is 35.2 Å². The second kappa shape index (κ2) is 10.4. The smallest absolute Gasteiger partial charge is 0.246 e. The summed E-state index contributed by atoms with van der Waals surface area (Å²) in [7, 11) is 0. The fourth-order valence-electron chi connectivity index (χ4n) is 6.68. The van der Waals surface area contributed by atoms with Gasteiger partial charge in [-0.05, 0) is 55.0 Å². The minimum absolute atomic E-state index is 0.0508. The van der Waals surface area contributed by atoms with Crippen LogP contribution in [0.3, 0.4) is 0 Å². The quantitative estimate of drug-likeness (QED) is 0.398. The lowest BCUT2D eigenvalue weighted by Crippen LogP contribution is -2.56. The monoisotopic (exact) mass is 549 g/mol. The molecular formula is C30H32FN3O4S. The minimum Gasteiger partial charge on any atom is -0.359 e. The molecule has 3 fully saturated rings. The summed E-state index contributed by atoms with van der Waals surface area (Å²) >= 11 is 1.57. The number of hydrogen-bond donors (Lipinski definition) is 2. The van der Waals surface area contributed by atoms with Crippen molar-refractivity contribution < 1.29 is 23.5 Å². The molecule has 7 nitrogen and oxygen atoms in total. The molecule has 3 amide bonds. The molecule has 2 bridgehead atoms. The fourth-order valence-corrected chi connectivity index (χ4v) is 7.14. The average Bonchev–Trinajstić information content (AvgIpc) is 3.58. The van der Waals surface area contributed by atoms with E-state index in [9.17, 15) is 18.8 Å². The zero-order chi connectivity index (χ0) is 27.1. The number of hydrogen-bond acceptors (Lipinski definition) is 5. The maximum atomic E-state index is 14.1. The van der Waals surface area contributed by atoms with E-state index in [1.807, 2.05) is 42.7 Å². The Morgan fingerprint density at radius 1 is 1.10 bits per heavy atom. The van der Waals surface area contributed by atoms with Gasteiger partial charge in [0.2, 0.25) is 17.7 Å². The van der Waals surface area contributed by atoms with Crippen molar-refractivity contribution in [3.8, 4) is 0 Å². The number of fused-ring (bicyclic) bond motifs is 1. The number of ether oxygens (including phenoxy) is 1. The van der Waals surface area contributed by atoms with E-state index in [0.29, 0.717) is 11.3 Å². The second-order valence-electron chi connectivity index (χ2n) is 10.9. The third-order valence-corrected chi connectivity index (χ3v) is 9.21. The van der Waals surface area contributed by atoms with Crippen LogP contribution in [-0.2, 0) is 25.7 Å². The summed E-state index contributed by atoms with van der Waals surface area (Å²) in [5, 5.41) is 6.16. The number of halogens is 1. The first-order chi connectivity index (χ1) is 18.9. The van der Waals surface area contributed by atoms with Gasteiger partial charge in [0, 0.05) is 23.2 Å². The van der Waals surface area contributed by atoms with Crippen LogP contribution in [0.4, 0.5) is 10.1 Å². The normalized spacial score (nSPS) is 29.5. The van der Waals surface area contributed by atoms with Gasteiger partial charge in [0.05, 0.1) is 17.9 Å². The van der Waals surface area contributed by atoms with Gasteiger partial charge in [-0.3, -0.25) is 14.4 Å². The highest BCUT2D eigenvalue weighted by atomic mass is 32.2. The molecule has 2 saturated heterocycles. The number of carbonyl (C=O) groups is 3. The molecule has 0 radical (unpaired) electrons. The first kappa shape index (κ1) is 26.1. The maximum absolute atomic E-state index is 14.1. The molecule has 2 N–H and O–H groups in total. The number of nitrogens with zero attached hydrogens (tertiary/aromatic N) is 1. The summed E-state index contributed by atoms with van der Waals surface area (Å²) in [4.78, 5) is 44.2. The summed E-state index contributed by atoms with van der Waals surface area (Å²) in [6.45, 7) is 0.117. The largest absolute Gasteiger partial charge is 0.359 e. The molecule has 1 aliphatic carbocycles. The third kappa shape index (κ3) is 4.65. The Morgan fingerprint density at radius 2 is 1.87 bits per heavy atom. The molecule has 4 aliphatic rings. The summed E-state index contributed by atoms with van der Waals surface area (Å²) < 4.78 is 20.0. The van der Waals surface area contributed by atoms with E-state index in [4.69, 9.17) is 4.74 Å². The van der Waals surface area contributed by atoms with Crippen LogP contribution in [0.2, 0.25) is 0 Å². The van der Waals surface area contributed by atoms with Crippen molar-refractivity contribution in [1.29, 1.82) is 0 Å². The Hall–Kier alpha value is -3.17. The van der Waals surface area contributed by atoms with Crippen molar-refractivity contribution in [2.45, 2.75) is 67.3 Å². The van der Waals surface area contributed by atoms with E-state index in [2.05, 4.69) is 10.6 Å². The SMILES string of the molecule is CSc1cccc(NC(=O)[C@H]2[C@@H]3C=C[C@]4(O3)[C@@H]2C(=O)N(Cc2ccc(F)cc2)[C@H]4C(=O)NC2CCCCC2)c1. The van der Waals surface area contributed by atoms with Gasteiger partial charge in [0.15, 0.2) is 0 Å². The van der Waals surface area contributed by atoms with E-state index in [-0.39, 0.29) is 36.1 Å². The molecule has 3 heterocycles. The van der Waals surface area contributed by atoms with Crippen LogP contribution in [0.5, 0.6) is 0 Å². The zero-order valence-corrected chi connectivity index (χ0v) is 22.6. The number of carbonyl (C=O) groups excluding carboxylic acids is 3. The number of amides is 3. The lowest BCUT2D eigenvalue weighted by Gasteiger charge is -2.34. The van der Waals surface area contributed by atoms with Crippen molar-refractivity contribution in [1.82, 2.24) is 10.2 Å². The predicted molar refractivity (Wildman–Crippen MR) is 146 cm³/mol. The van der Waals surface area contributed by atoms with Crippen LogP contribution < -0.4 is 10.6 Å². The topological polar surface area (TPSA) is 87.7 Å². The third-order valence-electron chi connectivity index (χ3n) is 8.48. The van der Waals surface area contributed by atoms with Gasteiger partial charge in [-0.15, -0.1) is 11.8 Å². The highest BCUT2D eigenvalue weighted by molar-refractivity contribution is 7.98. The van der Waals surface area contributed by atoms with Gasteiger partial charge in [0.1, 0.15) is 17.5 Å². The van der Waals surface area contributed by atoms with Crippen LogP contribution in [0.25, 0.3) is 0 Å². The Balaban J connectivity index is 1.32. The number of rotatable bonds is 7. The fraction of sp³-hybridized carbons (Fsp3) is 0.433. The molecule has 1 saturated carbocycles. The van der Waals surface area contributed by atoms with E-state index < -0.39 is 29.6 Å². The number of thioether (sulfide) groups is 1. The van der Waals surface area contributed by atoms with Gasteiger partial charge in [-0.25, -0.2) is 4.39 Å². The van der Waals surface area contributed by atoms with E-state index in [1.54, 1.807) is 23.9 Å². The molecule has 3 aliphatic heterocycles. The first-order valence-electron chi connectivity index (χ1n) is 13.6. The molecule has 5 atom stereocenters. The van der Waals surface area contributed by atoms with Crippen molar-refractivity contribution in [2.75, 3.05) is 11.6 Å². The van der Waals surface area contributed by atoms with Gasteiger partial charge in [0.25, 0.3) is 0 Å². The predicted octanol–water partition coefficient (Wildman–Crippen LogP) is 4.29. The Morgan fingerprint density at radius 3 is 2.62 bits per heavy atom. The van der Waals surface area contributed by atoms with Gasteiger partial charge in [-0.2, -0.15) is 0 Å². The average molecular weight is 550 g/mol. The van der Waals surface area contributed by atoms with E-state index in [0.717, 1.165) is 37.0 Å². The summed E-state index contributed by atoms with van der Waals surface area (Å²) in [6.07, 6.45) is 10.1. The summed E-state index contributed by atoms with van der Waals surface area (Å²) in [6, 6.07) is 12.6. The van der Waals surface area contributed by atoms with Crippen LogP contribution in [0, 0.1) is 17.7 Å².